The van der Waals surface area contributed by atoms with E-state index in [-0.39, 0.29) is 12.0 Å². The van der Waals surface area contributed by atoms with Crippen LogP contribution in [0.3, 0.4) is 0 Å². The van der Waals surface area contributed by atoms with Gasteiger partial charge in [-0.2, -0.15) is 0 Å². The largest absolute Gasteiger partial charge is 0.396 e. The highest BCUT2D eigenvalue weighted by atomic mass is 16.5. The lowest BCUT2D eigenvalue weighted by Crippen LogP contribution is -2.44. The molecular weight excluding hydrogens is 328 g/mol. The molecule has 0 amide bonds. The number of nitrogens with zero attached hydrogens (tertiary/aromatic N) is 2. The van der Waals surface area contributed by atoms with Gasteiger partial charge in [0.25, 0.3) is 0 Å². The topological polar surface area (TPSA) is 69.1 Å². The maximum atomic E-state index is 9.38. The Hall–Kier alpha value is -1.63. The Morgan fingerprint density at radius 1 is 1.27 bits per heavy atom. The molecule has 6 nitrogen and oxygen atoms in total. The van der Waals surface area contributed by atoms with Crippen molar-refractivity contribution in [3.63, 3.8) is 0 Å². The van der Waals surface area contributed by atoms with E-state index in [0.29, 0.717) is 13.2 Å². The lowest BCUT2D eigenvalue weighted by atomic mass is 9.84. The molecule has 146 valence electrons. The number of hydrogen-bond donors (Lipinski definition) is 3. The number of aliphatic hydroxyl groups is 1. The summed E-state index contributed by atoms with van der Waals surface area (Å²) < 4.78 is 5.57. The van der Waals surface area contributed by atoms with E-state index in [1.165, 1.54) is 11.1 Å². The second-order valence-electron chi connectivity index (χ2n) is 7.33. The molecule has 26 heavy (non-hydrogen) atoms. The summed E-state index contributed by atoms with van der Waals surface area (Å²) in [7, 11) is 4.16. The van der Waals surface area contributed by atoms with Crippen LogP contribution in [-0.4, -0.2) is 63.0 Å². The second-order valence-corrected chi connectivity index (χ2v) is 7.33. The number of hydrogen-bond acceptors (Lipinski definition) is 4. The van der Waals surface area contributed by atoms with Gasteiger partial charge in [0.15, 0.2) is 5.96 Å². The van der Waals surface area contributed by atoms with Crippen LogP contribution in [0.4, 0.5) is 0 Å². The Bertz CT molecular complexity index is 569. The second kappa shape index (κ2) is 10.5. The van der Waals surface area contributed by atoms with Gasteiger partial charge >= 0.3 is 0 Å². The summed E-state index contributed by atoms with van der Waals surface area (Å²) in [6, 6.07) is 8.45. The van der Waals surface area contributed by atoms with Crippen molar-refractivity contribution in [3.8, 4) is 0 Å². The zero-order valence-corrected chi connectivity index (χ0v) is 16.4. The minimum absolute atomic E-state index is 0.00771. The van der Waals surface area contributed by atoms with E-state index in [1.54, 1.807) is 0 Å². The molecule has 1 aromatic carbocycles. The summed E-state index contributed by atoms with van der Waals surface area (Å²) in [6.07, 6.45) is 1.73. The van der Waals surface area contributed by atoms with Crippen molar-refractivity contribution in [3.05, 3.63) is 35.4 Å². The summed E-state index contributed by atoms with van der Waals surface area (Å²) in [4.78, 5) is 6.95. The maximum Gasteiger partial charge on any atom is 0.191 e. The van der Waals surface area contributed by atoms with Crippen LogP contribution in [0.1, 0.15) is 30.9 Å². The fourth-order valence-electron chi connectivity index (χ4n) is 3.30. The first-order valence-corrected chi connectivity index (χ1v) is 9.51. The Balaban J connectivity index is 2.02. The molecule has 1 unspecified atom stereocenters. The number of rotatable bonds is 9. The van der Waals surface area contributed by atoms with E-state index < -0.39 is 0 Å². The lowest BCUT2D eigenvalue weighted by molar-refractivity contribution is 0.127. The van der Waals surface area contributed by atoms with Gasteiger partial charge in [0, 0.05) is 38.3 Å². The molecule has 6 heteroatoms. The van der Waals surface area contributed by atoms with Gasteiger partial charge in [-0.15, -0.1) is 0 Å². The minimum atomic E-state index is 0.00771. The van der Waals surface area contributed by atoms with Crippen LogP contribution >= 0.6 is 0 Å². The molecule has 2 rings (SSSR count). The SMILES string of the molecule is CCNC(=NCc1ccccc1CN(C)C)NCC1(CCO)CCOC1. The fourth-order valence-corrected chi connectivity index (χ4v) is 3.30. The molecular formula is C20H34N4O2. The van der Waals surface area contributed by atoms with Crippen LogP contribution in [0.5, 0.6) is 0 Å². The number of guanidine groups is 1. The average Bonchev–Trinajstić information content (AvgIpc) is 3.07. The monoisotopic (exact) mass is 362 g/mol. The fraction of sp³-hybridized carbons (Fsp3) is 0.650. The van der Waals surface area contributed by atoms with Crippen LogP contribution in [0, 0.1) is 5.41 Å². The van der Waals surface area contributed by atoms with E-state index in [4.69, 9.17) is 9.73 Å². The Labute approximate surface area is 157 Å². The van der Waals surface area contributed by atoms with E-state index in [1.807, 2.05) is 0 Å². The van der Waals surface area contributed by atoms with Gasteiger partial charge in [-0.25, -0.2) is 4.99 Å². The zero-order valence-electron chi connectivity index (χ0n) is 16.4. The molecule has 0 saturated carbocycles. The lowest BCUT2D eigenvalue weighted by Gasteiger charge is -2.27. The molecule has 3 N–H and O–H groups in total. The Morgan fingerprint density at radius 2 is 2.04 bits per heavy atom. The summed E-state index contributed by atoms with van der Waals surface area (Å²) in [5, 5.41) is 16.2. The van der Waals surface area contributed by atoms with Crippen molar-refractivity contribution in [1.29, 1.82) is 0 Å². The van der Waals surface area contributed by atoms with E-state index >= 15 is 0 Å². The molecule has 0 aliphatic carbocycles. The first-order chi connectivity index (χ1) is 12.6. The number of aliphatic imine (C=N–C) groups is 1. The third-order valence-corrected chi connectivity index (χ3v) is 4.81. The Kier molecular flexibility index (Phi) is 8.35. The molecule has 1 saturated heterocycles. The highest BCUT2D eigenvalue weighted by Gasteiger charge is 2.34. The van der Waals surface area contributed by atoms with Crippen molar-refractivity contribution < 1.29 is 9.84 Å². The molecule has 1 fully saturated rings. The molecule has 1 atom stereocenters. The van der Waals surface area contributed by atoms with Gasteiger partial charge in [0.05, 0.1) is 13.2 Å². The van der Waals surface area contributed by atoms with Crippen LogP contribution in [0.25, 0.3) is 0 Å². The molecule has 1 aromatic rings. The first-order valence-electron chi connectivity index (χ1n) is 9.51. The number of aliphatic hydroxyl groups excluding tert-OH is 1. The standard InChI is InChI=1S/C20H34N4O2/c1-4-21-19(23-15-20(9-11-25)10-12-26-16-20)22-13-17-7-5-6-8-18(17)14-24(2)3/h5-8,25H,4,9-16H2,1-3H3,(H2,21,22,23). The van der Waals surface area contributed by atoms with Crippen LogP contribution in [0.2, 0.25) is 0 Å². The highest BCUT2D eigenvalue weighted by molar-refractivity contribution is 5.79. The summed E-state index contributed by atoms with van der Waals surface area (Å²) in [5.41, 5.74) is 2.55. The van der Waals surface area contributed by atoms with Gasteiger partial charge in [-0.1, -0.05) is 24.3 Å². The number of ether oxygens (including phenoxy) is 1. The zero-order chi connectivity index (χ0) is 18.8. The van der Waals surface area contributed by atoms with Gasteiger partial charge in [0.1, 0.15) is 0 Å². The normalized spacial score (nSPS) is 20.6. The quantitative estimate of drug-likeness (QED) is 0.460. The minimum Gasteiger partial charge on any atom is -0.396 e. The number of nitrogens with one attached hydrogen (secondary N) is 2. The van der Waals surface area contributed by atoms with Crippen molar-refractivity contribution in [2.75, 3.05) is 47.0 Å². The van der Waals surface area contributed by atoms with E-state index in [2.05, 4.69) is 60.8 Å². The molecule has 0 bridgehead atoms. The van der Waals surface area contributed by atoms with Crippen molar-refractivity contribution in [2.24, 2.45) is 10.4 Å². The van der Waals surface area contributed by atoms with E-state index in [0.717, 1.165) is 45.0 Å². The van der Waals surface area contributed by atoms with Crippen LogP contribution < -0.4 is 10.6 Å². The molecule has 1 aliphatic heterocycles. The summed E-state index contributed by atoms with van der Waals surface area (Å²) in [5.74, 6) is 0.816. The van der Waals surface area contributed by atoms with Crippen molar-refractivity contribution >= 4 is 5.96 Å². The van der Waals surface area contributed by atoms with Crippen LogP contribution in [0.15, 0.2) is 29.3 Å². The summed E-state index contributed by atoms with van der Waals surface area (Å²) >= 11 is 0. The smallest absolute Gasteiger partial charge is 0.191 e. The summed E-state index contributed by atoms with van der Waals surface area (Å²) in [6.45, 7) is 6.86. The molecule has 0 radical (unpaired) electrons. The maximum absolute atomic E-state index is 9.38. The molecule has 0 spiro atoms. The molecule has 0 aromatic heterocycles. The third-order valence-electron chi connectivity index (χ3n) is 4.81. The molecule has 1 aliphatic rings. The molecule has 1 heterocycles. The van der Waals surface area contributed by atoms with Crippen molar-refractivity contribution in [2.45, 2.75) is 32.9 Å². The van der Waals surface area contributed by atoms with Crippen molar-refractivity contribution in [1.82, 2.24) is 15.5 Å². The first kappa shape index (κ1) is 20.7. The predicted octanol–water partition coefficient (Wildman–Crippen LogP) is 1.59. The average molecular weight is 363 g/mol. The van der Waals surface area contributed by atoms with Crippen LogP contribution in [-0.2, 0) is 17.8 Å². The van der Waals surface area contributed by atoms with Gasteiger partial charge in [-0.3, -0.25) is 0 Å². The van der Waals surface area contributed by atoms with Gasteiger partial charge in [0.2, 0.25) is 0 Å². The van der Waals surface area contributed by atoms with E-state index in [9.17, 15) is 5.11 Å². The van der Waals surface area contributed by atoms with Gasteiger partial charge in [-0.05, 0) is 45.0 Å². The van der Waals surface area contributed by atoms with Gasteiger partial charge < -0.3 is 25.4 Å². The number of benzene rings is 1. The third kappa shape index (κ3) is 6.27. The highest BCUT2D eigenvalue weighted by Crippen LogP contribution is 2.31. The predicted molar refractivity (Wildman–Crippen MR) is 106 cm³/mol. The Morgan fingerprint density at radius 3 is 2.65 bits per heavy atom.